The molecular weight excluding hydrogens is 405 g/mol. The highest BCUT2D eigenvalue weighted by atomic mass is 35.5. The smallest absolute Gasteiger partial charge is 0.239 e. The van der Waals surface area contributed by atoms with E-state index < -0.39 is 0 Å². The van der Waals surface area contributed by atoms with E-state index in [0.29, 0.717) is 33.0 Å². The molecule has 30 heavy (non-hydrogen) atoms. The van der Waals surface area contributed by atoms with Crippen LogP contribution in [0.4, 0.5) is 10.3 Å². The lowest BCUT2D eigenvalue weighted by Gasteiger charge is -2.08. The number of aryl methyl sites for hydroxylation is 1. The summed E-state index contributed by atoms with van der Waals surface area (Å²) >= 11 is 6.16. The summed E-state index contributed by atoms with van der Waals surface area (Å²) in [6.45, 7) is 1.68. The molecule has 0 aliphatic carbocycles. The van der Waals surface area contributed by atoms with Crippen LogP contribution in [0.15, 0.2) is 71.5 Å². The van der Waals surface area contributed by atoms with Gasteiger partial charge in [-0.2, -0.15) is 0 Å². The molecule has 0 spiro atoms. The van der Waals surface area contributed by atoms with E-state index in [-0.39, 0.29) is 24.0 Å². The van der Waals surface area contributed by atoms with Gasteiger partial charge in [-0.15, -0.1) is 0 Å². The Morgan fingerprint density at radius 1 is 1.10 bits per heavy atom. The maximum Gasteiger partial charge on any atom is 0.239 e. The van der Waals surface area contributed by atoms with Crippen molar-refractivity contribution >= 4 is 23.4 Å². The molecule has 2 heterocycles. The minimum atomic E-state index is -0.305. The zero-order chi connectivity index (χ0) is 21.1. The fourth-order valence-corrected chi connectivity index (χ4v) is 3.34. The zero-order valence-electron chi connectivity index (χ0n) is 16.0. The second-order valence-corrected chi connectivity index (χ2v) is 7.16. The first-order valence-corrected chi connectivity index (χ1v) is 9.60. The Morgan fingerprint density at radius 3 is 2.60 bits per heavy atom. The van der Waals surface area contributed by atoms with E-state index in [9.17, 15) is 9.18 Å². The van der Waals surface area contributed by atoms with Crippen LogP contribution in [0, 0.1) is 12.7 Å². The first-order chi connectivity index (χ1) is 14.5. The number of rotatable bonds is 5. The van der Waals surface area contributed by atoms with Crippen molar-refractivity contribution in [2.24, 2.45) is 0 Å². The molecule has 150 valence electrons. The van der Waals surface area contributed by atoms with E-state index in [1.165, 1.54) is 6.07 Å². The summed E-state index contributed by atoms with van der Waals surface area (Å²) < 4.78 is 19.2. The fraction of sp³-hybridized carbons (Fsp3) is 0.0870. The predicted molar refractivity (Wildman–Crippen MR) is 114 cm³/mol. The number of pyridine rings is 1. The lowest BCUT2D eigenvalue weighted by Crippen LogP contribution is -2.14. The number of carbonyl (C=O) groups is 1. The van der Waals surface area contributed by atoms with Gasteiger partial charge < -0.3 is 4.52 Å². The van der Waals surface area contributed by atoms with E-state index in [2.05, 4.69) is 15.5 Å². The summed E-state index contributed by atoms with van der Waals surface area (Å²) in [6, 6.07) is 15.4. The molecule has 0 atom stereocenters. The van der Waals surface area contributed by atoms with Gasteiger partial charge in [0, 0.05) is 23.0 Å². The number of nitrogens with zero attached hydrogens (tertiary/aromatic N) is 2. The highest BCUT2D eigenvalue weighted by molar-refractivity contribution is 6.31. The van der Waals surface area contributed by atoms with Gasteiger partial charge in [-0.3, -0.25) is 15.1 Å². The van der Waals surface area contributed by atoms with Gasteiger partial charge in [-0.05, 0) is 60.0 Å². The van der Waals surface area contributed by atoms with Crippen molar-refractivity contribution in [3.05, 3.63) is 89.0 Å². The summed E-state index contributed by atoms with van der Waals surface area (Å²) in [4.78, 5) is 16.7. The van der Waals surface area contributed by atoms with E-state index >= 15 is 0 Å². The number of hydrogen-bond donors (Lipinski definition) is 1. The maximum absolute atomic E-state index is 13.7. The quantitative estimate of drug-likeness (QED) is 0.449. The molecule has 2 aromatic carbocycles. The number of amides is 1. The van der Waals surface area contributed by atoms with Gasteiger partial charge in [0.1, 0.15) is 11.5 Å². The van der Waals surface area contributed by atoms with Crippen molar-refractivity contribution < 1.29 is 13.7 Å². The van der Waals surface area contributed by atoms with Crippen LogP contribution in [0.1, 0.15) is 11.1 Å². The Hall–Kier alpha value is -3.51. The second kappa shape index (κ2) is 8.47. The van der Waals surface area contributed by atoms with E-state index in [4.69, 9.17) is 16.1 Å². The molecule has 0 saturated carbocycles. The van der Waals surface area contributed by atoms with Crippen LogP contribution >= 0.6 is 11.6 Å². The molecule has 0 unspecified atom stereocenters. The molecule has 0 radical (unpaired) electrons. The number of halogens is 2. The average molecular weight is 422 g/mol. The Balaban J connectivity index is 1.71. The molecule has 1 amide bonds. The van der Waals surface area contributed by atoms with E-state index in [0.717, 1.165) is 5.56 Å². The molecule has 5 nitrogen and oxygen atoms in total. The molecule has 0 bridgehead atoms. The van der Waals surface area contributed by atoms with Gasteiger partial charge in [0.25, 0.3) is 0 Å². The number of hydrogen-bond acceptors (Lipinski definition) is 4. The fourth-order valence-electron chi connectivity index (χ4n) is 3.14. The predicted octanol–water partition coefficient (Wildman–Crippen LogP) is 5.69. The van der Waals surface area contributed by atoms with Crippen molar-refractivity contribution in [1.82, 2.24) is 10.1 Å². The van der Waals surface area contributed by atoms with Crippen molar-refractivity contribution in [3.63, 3.8) is 0 Å². The van der Waals surface area contributed by atoms with Gasteiger partial charge in [-0.1, -0.05) is 35.0 Å². The SMILES string of the molecule is Cc1cc(-c2noc(NC(=O)Cc3ccccc3Cl)c2-c2ccncc2)ccc1F. The minimum Gasteiger partial charge on any atom is -0.337 e. The van der Waals surface area contributed by atoms with E-state index in [1.807, 2.05) is 6.07 Å². The monoisotopic (exact) mass is 421 g/mol. The normalized spacial score (nSPS) is 10.8. The van der Waals surface area contributed by atoms with Crippen LogP contribution in [-0.4, -0.2) is 16.0 Å². The number of anilines is 1. The highest BCUT2D eigenvalue weighted by Crippen LogP contribution is 2.38. The summed E-state index contributed by atoms with van der Waals surface area (Å²) in [5.41, 5.74) is 3.72. The Morgan fingerprint density at radius 2 is 1.87 bits per heavy atom. The van der Waals surface area contributed by atoms with Crippen molar-refractivity contribution in [2.75, 3.05) is 5.32 Å². The zero-order valence-corrected chi connectivity index (χ0v) is 16.8. The third-order valence-electron chi connectivity index (χ3n) is 4.65. The summed E-state index contributed by atoms with van der Waals surface area (Å²) in [5.74, 6) is -0.396. The first-order valence-electron chi connectivity index (χ1n) is 9.23. The van der Waals surface area contributed by atoms with Crippen LogP contribution in [0.25, 0.3) is 22.4 Å². The molecular formula is C23H17ClFN3O2. The Kier molecular flexibility index (Phi) is 5.59. The lowest BCUT2D eigenvalue weighted by molar-refractivity contribution is -0.115. The van der Waals surface area contributed by atoms with Gasteiger partial charge in [0.05, 0.1) is 12.0 Å². The highest BCUT2D eigenvalue weighted by Gasteiger charge is 2.22. The second-order valence-electron chi connectivity index (χ2n) is 6.75. The summed E-state index contributed by atoms with van der Waals surface area (Å²) in [5, 5.41) is 7.45. The van der Waals surface area contributed by atoms with Gasteiger partial charge in [-0.25, -0.2) is 4.39 Å². The van der Waals surface area contributed by atoms with E-state index in [1.54, 1.807) is 61.8 Å². The van der Waals surface area contributed by atoms with Crippen LogP contribution in [0.2, 0.25) is 5.02 Å². The van der Waals surface area contributed by atoms with Gasteiger partial charge >= 0.3 is 0 Å². The molecule has 0 fully saturated rings. The van der Waals surface area contributed by atoms with Crippen molar-refractivity contribution in [2.45, 2.75) is 13.3 Å². The molecule has 7 heteroatoms. The third-order valence-corrected chi connectivity index (χ3v) is 5.02. The number of carbonyl (C=O) groups excluding carboxylic acids is 1. The summed E-state index contributed by atoms with van der Waals surface area (Å²) in [6.07, 6.45) is 3.36. The Bertz CT molecular complexity index is 1210. The molecule has 2 aromatic heterocycles. The lowest BCUT2D eigenvalue weighted by atomic mass is 10.0. The molecule has 0 aliphatic heterocycles. The first kappa shape index (κ1) is 19.8. The van der Waals surface area contributed by atoms with Crippen molar-refractivity contribution in [1.29, 1.82) is 0 Å². The molecule has 1 N–H and O–H groups in total. The summed E-state index contributed by atoms with van der Waals surface area (Å²) in [7, 11) is 0. The number of nitrogens with one attached hydrogen (secondary N) is 1. The van der Waals surface area contributed by atoms with Crippen LogP contribution in [-0.2, 0) is 11.2 Å². The maximum atomic E-state index is 13.7. The molecule has 4 rings (SSSR count). The van der Waals surface area contributed by atoms with Crippen LogP contribution in [0.3, 0.4) is 0 Å². The number of aromatic nitrogens is 2. The molecule has 0 aliphatic rings. The Labute approximate surface area is 177 Å². The van der Waals surface area contributed by atoms with Gasteiger partial charge in [0.15, 0.2) is 0 Å². The van der Waals surface area contributed by atoms with Gasteiger partial charge in [0.2, 0.25) is 11.8 Å². The molecule has 4 aromatic rings. The topological polar surface area (TPSA) is 68.0 Å². The van der Waals surface area contributed by atoms with Crippen LogP contribution < -0.4 is 5.32 Å². The molecule has 0 saturated heterocycles. The van der Waals surface area contributed by atoms with Crippen LogP contribution in [0.5, 0.6) is 0 Å². The standard InChI is InChI=1S/C23H17ClFN3O2/c1-14-12-17(6-7-19(14)25)22-21(15-8-10-26-11-9-15)23(30-28-22)27-20(29)13-16-4-2-3-5-18(16)24/h2-12H,13H2,1H3,(H,27,29). The minimum absolute atomic E-state index is 0.0845. The third kappa shape index (κ3) is 4.09. The average Bonchev–Trinajstić information content (AvgIpc) is 3.15. The number of benzene rings is 2. The largest absolute Gasteiger partial charge is 0.337 e. The van der Waals surface area contributed by atoms with Crippen molar-refractivity contribution in [3.8, 4) is 22.4 Å².